The van der Waals surface area contributed by atoms with Crippen LogP contribution in [0.5, 0.6) is 5.75 Å². The summed E-state index contributed by atoms with van der Waals surface area (Å²) in [6.45, 7) is 1.38. The van der Waals surface area contributed by atoms with Gasteiger partial charge in [-0.05, 0) is 31.2 Å². The Kier molecular flexibility index (Phi) is 5.76. The van der Waals surface area contributed by atoms with Crippen LogP contribution in [0.2, 0.25) is 5.02 Å². The van der Waals surface area contributed by atoms with Gasteiger partial charge in [-0.1, -0.05) is 23.7 Å². The molecule has 7 heteroatoms. The van der Waals surface area contributed by atoms with E-state index in [2.05, 4.69) is 5.32 Å². The maximum atomic E-state index is 13.7. The Hall–Kier alpha value is -2.60. The zero-order valence-electron chi connectivity index (χ0n) is 13.0. The molecule has 2 aromatic rings. The minimum atomic E-state index is -1.14. The number of halogens is 2. The molecule has 0 spiro atoms. The van der Waals surface area contributed by atoms with Gasteiger partial charge in [0.2, 0.25) is 0 Å². The fraction of sp³-hybridized carbons (Fsp3) is 0.176. The van der Waals surface area contributed by atoms with Crippen molar-refractivity contribution in [3.05, 3.63) is 58.9 Å². The molecular formula is C17H15ClFNO4. The van der Waals surface area contributed by atoms with E-state index in [1.165, 1.54) is 26.2 Å². The molecule has 24 heavy (non-hydrogen) atoms. The van der Waals surface area contributed by atoms with Crippen LogP contribution in [0.4, 0.5) is 10.1 Å². The summed E-state index contributed by atoms with van der Waals surface area (Å²) in [5.74, 6) is -1.82. The lowest BCUT2D eigenvalue weighted by molar-refractivity contribution is -0.123. The van der Waals surface area contributed by atoms with Gasteiger partial charge in [-0.2, -0.15) is 0 Å². The number of benzene rings is 2. The van der Waals surface area contributed by atoms with Crippen molar-refractivity contribution < 1.29 is 23.5 Å². The molecule has 1 amide bonds. The van der Waals surface area contributed by atoms with Crippen LogP contribution in [-0.4, -0.2) is 25.1 Å². The van der Waals surface area contributed by atoms with Gasteiger partial charge in [0.15, 0.2) is 6.10 Å². The van der Waals surface area contributed by atoms with Gasteiger partial charge < -0.3 is 14.8 Å². The number of ether oxygens (including phenoxy) is 2. The standard InChI is InChI=1S/C17H15ClFNO4/c1-10(16(21)20-11-5-3-6-12(9-11)23-2)24-17(22)15-13(18)7-4-8-14(15)19/h3-10H,1-2H3,(H,20,21)/t10-/m0/s1. The highest BCUT2D eigenvalue weighted by atomic mass is 35.5. The van der Waals surface area contributed by atoms with Gasteiger partial charge in [0, 0.05) is 11.8 Å². The first-order valence-electron chi connectivity index (χ1n) is 7.02. The molecule has 0 aliphatic carbocycles. The molecule has 126 valence electrons. The summed E-state index contributed by atoms with van der Waals surface area (Å²) in [5.41, 5.74) is 0.0753. The van der Waals surface area contributed by atoms with Crippen LogP contribution >= 0.6 is 11.6 Å². The lowest BCUT2D eigenvalue weighted by Gasteiger charge is -2.14. The van der Waals surface area contributed by atoms with Crippen LogP contribution in [0.25, 0.3) is 0 Å². The summed E-state index contributed by atoms with van der Waals surface area (Å²) < 4.78 is 23.7. The van der Waals surface area contributed by atoms with Crippen molar-refractivity contribution >= 4 is 29.2 Å². The van der Waals surface area contributed by atoms with Crippen molar-refractivity contribution in [3.8, 4) is 5.75 Å². The van der Waals surface area contributed by atoms with E-state index in [0.29, 0.717) is 11.4 Å². The van der Waals surface area contributed by atoms with E-state index < -0.39 is 29.4 Å². The third-order valence-electron chi connectivity index (χ3n) is 3.16. The Bertz CT molecular complexity index is 746. The van der Waals surface area contributed by atoms with Gasteiger partial charge >= 0.3 is 5.97 Å². The van der Waals surface area contributed by atoms with Crippen molar-refractivity contribution in [2.45, 2.75) is 13.0 Å². The second kappa shape index (κ2) is 7.79. The number of rotatable bonds is 5. The molecule has 0 saturated carbocycles. The van der Waals surface area contributed by atoms with E-state index in [-0.39, 0.29) is 5.02 Å². The number of anilines is 1. The number of hydrogen-bond acceptors (Lipinski definition) is 4. The Morgan fingerprint density at radius 2 is 1.92 bits per heavy atom. The first kappa shape index (κ1) is 17.7. The minimum Gasteiger partial charge on any atom is -0.497 e. The highest BCUT2D eigenvalue weighted by Gasteiger charge is 2.23. The number of carbonyl (C=O) groups is 2. The normalized spacial score (nSPS) is 11.5. The summed E-state index contributed by atoms with van der Waals surface area (Å²) in [5, 5.41) is 2.50. The van der Waals surface area contributed by atoms with E-state index in [1.807, 2.05) is 0 Å². The van der Waals surface area contributed by atoms with Crippen molar-refractivity contribution in [3.63, 3.8) is 0 Å². The molecule has 1 N–H and O–H groups in total. The molecule has 0 saturated heterocycles. The fourth-order valence-corrected chi connectivity index (χ4v) is 2.15. The quantitative estimate of drug-likeness (QED) is 0.835. The zero-order chi connectivity index (χ0) is 17.7. The smallest absolute Gasteiger partial charge is 0.343 e. The van der Waals surface area contributed by atoms with E-state index in [4.69, 9.17) is 21.1 Å². The molecule has 0 aromatic heterocycles. The highest BCUT2D eigenvalue weighted by molar-refractivity contribution is 6.33. The molecule has 0 fully saturated rings. The van der Waals surface area contributed by atoms with Crippen LogP contribution in [0.1, 0.15) is 17.3 Å². The maximum absolute atomic E-state index is 13.7. The maximum Gasteiger partial charge on any atom is 0.343 e. The Labute approximate surface area is 143 Å². The number of nitrogens with one attached hydrogen (secondary N) is 1. The predicted octanol–water partition coefficient (Wildman–Crippen LogP) is 3.67. The van der Waals surface area contributed by atoms with Crippen molar-refractivity contribution in [2.75, 3.05) is 12.4 Å². The molecule has 0 bridgehead atoms. The molecule has 1 atom stereocenters. The second-order valence-corrected chi connectivity index (χ2v) is 5.27. The first-order chi connectivity index (χ1) is 11.4. The highest BCUT2D eigenvalue weighted by Crippen LogP contribution is 2.21. The van der Waals surface area contributed by atoms with Gasteiger partial charge in [-0.3, -0.25) is 4.79 Å². The van der Waals surface area contributed by atoms with Crippen LogP contribution in [0, 0.1) is 5.82 Å². The number of carbonyl (C=O) groups excluding carboxylic acids is 2. The lowest BCUT2D eigenvalue weighted by Crippen LogP contribution is -2.30. The molecular weight excluding hydrogens is 337 g/mol. The monoisotopic (exact) mass is 351 g/mol. The molecule has 0 radical (unpaired) electrons. The number of esters is 1. The SMILES string of the molecule is COc1cccc(NC(=O)[C@H](C)OC(=O)c2c(F)cccc2Cl)c1. The lowest BCUT2D eigenvalue weighted by atomic mass is 10.2. The summed E-state index contributed by atoms with van der Waals surface area (Å²) in [7, 11) is 1.50. The summed E-state index contributed by atoms with van der Waals surface area (Å²) in [6.07, 6.45) is -1.14. The minimum absolute atomic E-state index is 0.0830. The van der Waals surface area contributed by atoms with Crippen LogP contribution in [0.3, 0.4) is 0 Å². The molecule has 0 aliphatic rings. The molecule has 2 rings (SSSR count). The average Bonchev–Trinajstić information content (AvgIpc) is 2.54. The third kappa shape index (κ3) is 4.23. The molecule has 2 aromatic carbocycles. The Balaban J connectivity index is 2.04. The number of amides is 1. The van der Waals surface area contributed by atoms with Crippen molar-refractivity contribution in [1.82, 2.24) is 0 Å². The number of methoxy groups -OCH3 is 1. The predicted molar refractivity (Wildman–Crippen MR) is 87.9 cm³/mol. The van der Waals surface area contributed by atoms with Crippen molar-refractivity contribution in [1.29, 1.82) is 0 Å². The first-order valence-corrected chi connectivity index (χ1v) is 7.40. The van der Waals surface area contributed by atoms with E-state index in [0.717, 1.165) is 6.07 Å². The van der Waals surface area contributed by atoms with Gasteiger partial charge in [0.25, 0.3) is 5.91 Å². The zero-order valence-corrected chi connectivity index (χ0v) is 13.8. The van der Waals surface area contributed by atoms with Crippen molar-refractivity contribution in [2.24, 2.45) is 0 Å². The van der Waals surface area contributed by atoms with Gasteiger partial charge in [0.05, 0.1) is 12.1 Å². The van der Waals surface area contributed by atoms with E-state index in [1.54, 1.807) is 24.3 Å². The average molecular weight is 352 g/mol. The summed E-state index contributed by atoms with van der Waals surface area (Å²) in [4.78, 5) is 24.1. The van der Waals surface area contributed by atoms with E-state index in [9.17, 15) is 14.0 Å². The van der Waals surface area contributed by atoms with Crippen LogP contribution < -0.4 is 10.1 Å². The topological polar surface area (TPSA) is 64.6 Å². The Morgan fingerprint density at radius 1 is 1.21 bits per heavy atom. The molecule has 0 aliphatic heterocycles. The van der Waals surface area contributed by atoms with Gasteiger partial charge in [-0.15, -0.1) is 0 Å². The van der Waals surface area contributed by atoms with Gasteiger partial charge in [0.1, 0.15) is 17.1 Å². The largest absolute Gasteiger partial charge is 0.497 e. The molecule has 5 nitrogen and oxygen atoms in total. The van der Waals surface area contributed by atoms with Gasteiger partial charge in [-0.25, -0.2) is 9.18 Å². The summed E-state index contributed by atoms with van der Waals surface area (Å²) in [6, 6.07) is 10.5. The fourth-order valence-electron chi connectivity index (χ4n) is 1.91. The Morgan fingerprint density at radius 3 is 2.58 bits per heavy atom. The van der Waals surface area contributed by atoms with E-state index >= 15 is 0 Å². The second-order valence-electron chi connectivity index (χ2n) is 4.87. The van der Waals surface area contributed by atoms with Crippen LogP contribution in [0.15, 0.2) is 42.5 Å². The molecule has 0 heterocycles. The molecule has 0 unspecified atom stereocenters. The van der Waals surface area contributed by atoms with Crippen LogP contribution in [-0.2, 0) is 9.53 Å². The number of hydrogen-bond donors (Lipinski definition) is 1. The summed E-state index contributed by atoms with van der Waals surface area (Å²) >= 11 is 5.80. The third-order valence-corrected chi connectivity index (χ3v) is 3.47.